The van der Waals surface area contributed by atoms with Crippen LogP contribution >= 0.6 is 35.0 Å². The third-order valence-corrected chi connectivity index (χ3v) is 6.28. The number of hydrogen-bond donors (Lipinski definition) is 0. The fourth-order valence-electron chi connectivity index (χ4n) is 3.04. The lowest BCUT2D eigenvalue weighted by Crippen LogP contribution is -2.21. The summed E-state index contributed by atoms with van der Waals surface area (Å²) >= 11 is 14.4. The van der Waals surface area contributed by atoms with Crippen LogP contribution in [0.1, 0.15) is 24.7 Å². The van der Waals surface area contributed by atoms with Crippen molar-refractivity contribution in [1.82, 2.24) is 9.55 Å². The van der Waals surface area contributed by atoms with Gasteiger partial charge in [0.15, 0.2) is 0 Å². The number of imidazole rings is 1. The summed E-state index contributed by atoms with van der Waals surface area (Å²) in [5.41, 5.74) is 2.33. The third-order valence-electron chi connectivity index (χ3n) is 4.49. The summed E-state index contributed by atoms with van der Waals surface area (Å²) in [6.45, 7) is 7.15. The molecule has 0 aliphatic rings. The first-order chi connectivity index (χ1) is 13.1. The van der Waals surface area contributed by atoms with E-state index in [0.717, 1.165) is 25.2 Å². The molecular weight excluding hydrogens is 397 g/mol. The minimum absolute atomic E-state index is 0.156. The standard InChI is InChI=1S/C21H23Cl2N3S/c1-3-26(4-2)17-6-8-18(9-7-17)27-21(14-25-12-11-24-15-25)19-10-5-16(22)13-20(19)23/h5-13,15,21H,3-4,14H2,1-2H3. The number of aromatic nitrogens is 2. The zero-order chi connectivity index (χ0) is 19.2. The maximum atomic E-state index is 6.51. The first-order valence-corrected chi connectivity index (χ1v) is 10.7. The number of anilines is 1. The van der Waals surface area contributed by atoms with Gasteiger partial charge in [-0.3, -0.25) is 0 Å². The Kier molecular flexibility index (Phi) is 7.11. The molecule has 142 valence electrons. The topological polar surface area (TPSA) is 21.1 Å². The molecule has 0 saturated heterocycles. The first-order valence-electron chi connectivity index (χ1n) is 9.03. The van der Waals surface area contributed by atoms with E-state index in [1.165, 1.54) is 10.6 Å². The molecule has 27 heavy (non-hydrogen) atoms. The summed E-state index contributed by atoms with van der Waals surface area (Å²) in [6.07, 6.45) is 5.60. The molecule has 1 atom stereocenters. The molecule has 1 unspecified atom stereocenters. The molecule has 0 N–H and O–H groups in total. The third kappa shape index (κ3) is 5.22. The fraction of sp³-hybridized carbons (Fsp3) is 0.286. The number of halogens is 2. The van der Waals surface area contributed by atoms with E-state index in [1.807, 2.05) is 30.7 Å². The van der Waals surface area contributed by atoms with E-state index in [0.29, 0.717) is 10.0 Å². The lowest BCUT2D eigenvalue weighted by Gasteiger charge is -2.22. The Labute approximate surface area is 175 Å². The van der Waals surface area contributed by atoms with Crippen molar-refractivity contribution in [3.8, 4) is 0 Å². The molecule has 1 heterocycles. The smallest absolute Gasteiger partial charge is 0.0946 e. The molecule has 0 aliphatic heterocycles. The number of rotatable bonds is 8. The molecule has 0 aliphatic carbocycles. The summed E-state index contributed by atoms with van der Waals surface area (Å²) in [4.78, 5) is 7.71. The highest BCUT2D eigenvalue weighted by molar-refractivity contribution is 7.99. The highest BCUT2D eigenvalue weighted by Gasteiger charge is 2.18. The van der Waals surface area contributed by atoms with Crippen LogP contribution in [0.25, 0.3) is 0 Å². The summed E-state index contributed by atoms with van der Waals surface area (Å²) in [5.74, 6) is 0. The summed E-state index contributed by atoms with van der Waals surface area (Å²) in [7, 11) is 0. The Morgan fingerprint density at radius 2 is 1.81 bits per heavy atom. The van der Waals surface area contributed by atoms with Gasteiger partial charge in [0.1, 0.15) is 0 Å². The second-order valence-corrected chi connectivity index (χ2v) is 8.32. The van der Waals surface area contributed by atoms with Gasteiger partial charge in [0, 0.05) is 52.7 Å². The van der Waals surface area contributed by atoms with Crippen molar-refractivity contribution in [2.45, 2.75) is 30.5 Å². The molecule has 1 aromatic heterocycles. The zero-order valence-corrected chi connectivity index (χ0v) is 17.8. The summed E-state index contributed by atoms with van der Waals surface area (Å²) in [6, 6.07) is 14.5. The summed E-state index contributed by atoms with van der Waals surface area (Å²) < 4.78 is 2.08. The second-order valence-electron chi connectivity index (χ2n) is 6.20. The molecular formula is C21H23Cl2N3S. The van der Waals surface area contributed by atoms with Crippen LogP contribution in [0.15, 0.2) is 66.1 Å². The van der Waals surface area contributed by atoms with Gasteiger partial charge in [-0.25, -0.2) is 4.98 Å². The largest absolute Gasteiger partial charge is 0.372 e. The minimum Gasteiger partial charge on any atom is -0.372 e. The lowest BCUT2D eigenvalue weighted by atomic mass is 10.1. The molecule has 0 fully saturated rings. The number of thioether (sulfide) groups is 1. The van der Waals surface area contributed by atoms with Gasteiger partial charge < -0.3 is 9.47 Å². The Hall–Kier alpha value is -1.62. The van der Waals surface area contributed by atoms with Crippen molar-refractivity contribution >= 4 is 40.7 Å². The van der Waals surface area contributed by atoms with E-state index < -0.39 is 0 Å². The van der Waals surface area contributed by atoms with Gasteiger partial charge in [0.2, 0.25) is 0 Å². The molecule has 3 rings (SSSR count). The van der Waals surface area contributed by atoms with Gasteiger partial charge in [-0.1, -0.05) is 29.3 Å². The van der Waals surface area contributed by atoms with Crippen molar-refractivity contribution in [3.05, 3.63) is 76.8 Å². The van der Waals surface area contributed by atoms with Gasteiger partial charge in [-0.15, -0.1) is 11.8 Å². The quantitative estimate of drug-likeness (QED) is 0.385. The van der Waals surface area contributed by atoms with Crippen LogP contribution in [0, 0.1) is 0 Å². The second kappa shape index (κ2) is 9.54. The highest BCUT2D eigenvalue weighted by atomic mass is 35.5. The maximum Gasteiger partial charge on any atom is 0.0946 e. The van der Waals surface area contributed by atoms with E-state index >= 15 is 0 Å². The highest BCUT2D eigenvalue weighted by Crippen LogP contribution is 2.40. The molecule has 3 nitrogen and oxygen atoms in total. The van der Waals surface area contributed by atoms with Crippen LogP contribution in [-0.4, -0.2) is 22.6 Å². The van der Waals surface area contributed by atoms with Gasteiger partial charge in [-0.2, -0.15) is 0 Å². The Bertz CT molecular complexity index is 846. The predicted octanol–water partition coefficient (Wildman–Crippen LogP) is 6.57. The molecule has 2 aromatic carbocycles. The van der Waals surface area contributed by atoms with Crippen LogP contribution in [-0.2, 0) is 6.54 Å². The molecule has 0 spiro atoms. The van der Waals surface area contributed by atoms with Crippen molar-refractivity contribution in [2.75, 3.05) is 18.0 Å². The SMILES string of the molecule is CCN(CC)c1ccc(SC(Cn2ccnc2)c2ccc(Cl)cc2Cl)cc1. The van der Waals surface area contributed by atoms with Gasteiger partial charge in [0.25, 0.3) is 0 Å². The molecule has 0 saturated carbocycles. The van der Waals surface area contributed by atoms with Gasteiger partial charge in [0.05, 0.1) is 11.6 Å². The molecule has 6 heteroatoms. The maximum absolute atomic E-state index is 6.51. The van der Waals surface area contributed by atoms with Crippen LogP contribution in [0.5, 0.6) is 0 Å². The van der Waals surface area contributed by atoms with Crippen LogP contribution < -0.4 is 4.90 Å². The monoisotopic (exact) mass is 419 g/mol. The average Bonchev–Trinajstić information content (AvgIpc) is 3.17. The van der Waals surface area contributed by atoms with E-state index in [2.05, 4.69) is 52.6 Å². The normalized spacial score (nSPS) is 12.1. The van der Waals surface area contributed by atoms with Gasteiger partial charge in [-0.05, 0) is 55.8 Å². The average molecular weight is 420 g/mol. The number of benzene rings is 2. The fourth-order valence-corrected chi connectivity index (χ4v) is 4.84. The Morgan fingerprint density at radius 1 is 1.07 bits per heavy atom. The van der Waals surface area contributed by atoms with E-state index in [1.54, 1.807) is 18.0 Å². The first kappa shape index (κ1) is 20.1. The Balaban J connectivity index is 1.84. The molecule has 0 amide bonds. The Morgan fingerprint density at radius 3 is 2.41 bits per heavy atom. The van der Waals surface area contributed by atoms with E-state index in [-0.39, 0.29) is 5.25 Å². The number of hydrogen-bond acceptors (Lipinski definition) is 3. The van der Waals surface area contributed by atoms with Crippen molar-refractivity contribution in [1.29, 1.82) is 0 Å². The van der Waals surface area contributed by atoms with Gasteiger partial charge >= 0.3 is 0 Å². The number of nitrogens with zero attached hydrogens (tertiary/aromatic N) is 3. The van der Waals surface area contributed by atoms with Crippen molar-refractivity contribution < 1.29 is 0 Å². The zero-order valence-electron chi connectivity index (χ0n) is 15.5. The van der Waals surface area contributed by atoms with Crippen LogP contribution in [0.4, 0.5) is 5.69 Å². The predicted molar refractivity (Wildman–Crippen MR) is 117 cm³/mol. The van der Waals surface area contributed by atoms with E-state index in [4.69, 9.17) is 23.2 Å². The van der Waals surface area contributed by atoms with Crippen molar-refractivity contribution in [3.63, 3.8) is 0 Å². The summed E-state index contributed by atoms with van der Waals surface area (Å²) in [5, 5.41) is 1.50. The van der Waals surface area contributed by atoms with Crippen molar-refractivity contribution in [2.24, 2.45) is 0 Å². The van der Waals surface area contributed by atoms with E-state index in [9.17, 15) is 0 Å². The minimum atomic E-state index is 0.156. The van der Waals surface area contributed by atoms with Crippen LogP contribution in [0.2, 0.25) is 10.0 Å². The lowest BCUT2D eigenvalue weighted by molar-refractivity contribution is 0.683. The van der Waals surface area contributed by atoms with Crippen LogP contribution in [0.3, 0.4) is 0 Å². The molecule has 3 aromatic rings. The molecule has 0 bridgehead atoms. The molecule has 0 radical (unpaired) electrons.